The molecule has 0 atom stereocenters. The van der Waals surface area contributed by atoms with Crippen LogP contribution in [0.25, 0.3) is 72.5 Å². The van der Waals surface area contributed by atoms with E-state index in [1.54, 1.807) is 0 Å². The summed E-state index contributed by atoms with van der Waals surface area (Å²) in [5.41, 5.74) is 21.4. The van der Waals surface area contributed by atoms with E-state index in [9.17, 15) is 0 Å². The molecule has 0 radical (unpaired) electrons. The molecule has 10 aromatic rings. The van der Waals surface area contributed by atoms with Gasteiger partial charge in [-0.1, -0.05) is 202 Å². The first-order chi connectivity index (χ1) is 33.0. The number of nitrogens with zero attached hydrogens (tertiary/aromatic N) is 1. The van der Waals surface area contributed by atoms with Gasteiger partial charge in [0, 0.05) is 33.4 Å². The molecule has 12 rings (SSSR count). The van der Waals surface area contributed by atoms with Crippen LogP contribution in [0.1, 0.15) is 41.7 Å². The smallest absolute Gasteiger partial charge is 0.135 e. The Morgan fingerprint density at radius 3 is 1.91 bits per heavy atom. The van der Waals surface area contributed by atoms with Crippen LogP contribution < -0.4 is 9.64 Å². The van der Waals surface area contributed by atoms with Crippen molar-refractivity contribution >= 4 is 33.9 Å². The molecule has 0 fully saturated rings. The SMILES string of the molecule is CC1(C)c2ccccc2-c2ccc(N(c3ccc(-c4ccccc4)cc3)c3cccc(-c4ccc5c(c4)-c4ccc6ccccc6c4OCc4ccccc4/C=C\Cc4ccccc4-5)c3)cc21. The summed E-state index contributed by atoms with van der Waals surface area (Å²) in [7, 11) is 0. The van der Waals surface area contributed by atoms with Crippen molar-refractivity contribution in [1.82, 2.24) is 0 Å². The Morgan fingerprint density at radius 2 is 1.03 bits per heavy atom. The van der Waals surface area contributed by atoms with Crippen molar-refractivity contribution in [2.24, 2.45) is 0 Å². The first-order valence-electron chi connectivity index (χ1n) is 23.4. The quantitative estimate of drug-likeness (QED) is 0.171. The van der Waals surface area contributed by atoms with Gasteiger partial charge >= 0.3 is 0 Å². The number of benzene rings is 10. The van der Waals surface area contributed by atoms with Gasteiger partial charge in [0.25, 0.3) is 0 Å². The zero-order valence-corrected chi connectivity index (χ0v) is 37.8. The molecule has 10 aromatic carbocycles. The molecule has 2 heteroatoms. The lowest BCUT2D eigenvalue weighted by Crippen LogP contribution is -2.16. The number of rotatable bonds is 5. The van der Waals surface area contributed by atoms with Crippen LogP contribution in [0.3, 0.4) is 0 Å². The predicted molar refractivity (Wildman–Crippen MR) is 281 cm³/mol. The fourth-order valence-electron chi connectivity index (χ4n) is 10.6. The highest BCUT2D eigenvalue weighted by atomic mass is 16.5. The second kappa shape index (κ2) is 16.7. The molecule has 1 aliphatic carbocycles. The van der Waals surface area contributed by atoms with Crippen molar-refractivity contribution in [1.29, 1.82) is 0 Å². The third-order valence-electron chi connectivity index (χ3n) is 14.1. The minimum atomic E-state index is -0.133. The maximum Gasteiger partial charge on any atom is 0.135 e. The highest BCUT2D eigenvalue weighted by molar-refractivity contribution is 5.99. The largest absolute Gasteiger partial charge is 0.488 e. The lowest BCUT2D eigenvalue weighted by atomic mass is 9.82. The second-order valence-corrected chi connectivity index (χ2v) is 18.4. The number of ether oxygens (including phenoxy) is 1. The molecule has 2 nitrogen and oxygen atoms in total. The van der Waals surface area contributed by atoms with Crippen LogP contribution in [0.15, 0.2) is 231 Å². The van der Waals surface area contributed by atoms with E-state index in [0.29, 0.717) is 6.61 Å². The van der Waals surface area contributed by atoms with Gasteiger partial charge in [-0.25, -0.2) is 0 Å². The van der Waals surface area contributed by atoms with Gasteiger partial charge in [-0.2, -0.15) is 0 Å². The van der Waals surface area contributed by atoms with E-state index >= 15 is 0 Å². The van der Waals surface area contributed by atoms with Crippen LogP contribution in [0.4, 0.5) is 17.1 Å². The Morgan fingerprint density at radius 1 is 0.403 bits per heavy atom. The van der Waals surface area contributed by atoms with Crippen LogP contribution in [-0.2, 0) is 18.4 Å². The molecular weight excluding hydrogens is 811 g/mol. The van der Waals surface area contributed by atoms with Gasteiger partial charge in [0.05, 0.1) is 0 Å². The number of hydrogen-bond donors (Lipinski definition) is 0. The Balaban J connectivity index is 1.03. The maximum absolute atomic E-state index is 7.04. The lowest BCUT2D eigenvalue weighted by Gasteiger charge is -2.28. The molecule has 0 saturated carbocycles. The average molecular weight is 860 g/mol. The van der Waals surface area contributed by atoms with Gasteiger partial charge in [-0.05, 0) is 138 Å². The standard InChI is InChI=1S/C65H49NO/c1-65(2)62-29-13-12-28-58(62)59-39-36-54(42-63(59)65)66(52-34-30-46(31-35-52)44-16-4-3-5-17-44)53-25-15-24-49(40-53)50-33-37-57-55-26-10-8-19-47(55)23-14-22-45-18-6-7-21-51(45)43-67-64-56-27-11-9-20-48(56)32-38-60(64)61(57)41-50/h3-22,24-42H,23,43H2,1-2H3/b22-14-. The fraction of sp³-hybridized carbons (Fsp3) is 0.0769. The molecule has 0 aromatic heterocycles. The van der Waals surface area contributed by atoms with Gasteiger partial charge < -0.3 is 9.64 Å². The average Bonchev–Trinajstić information content (AvgIpc) is 3.61. The van der Waals surface area contributed by atoms with Crippen molar-refractivity contribution in [3.8, 4) is 61.4 Å². The highest BCUT2D eigenvalue weighted by Gasteiger charge is 2.36. The normalized spacial score (nSPS) is 13.8. The molecule has 0 spiro atoms. The van der Waals surface area contributed by atoms with E-state index in [4.69, 9.17) is 4.74 Å². The number of anilines is 3. The summed E-state index contributed by atoms with van der Waals surface area (Å²) < 4.78 is 7.04. The van der Waals surface area contributed by atoms with Gasteiger partial charge in [-0.3, -0.25) is 0 Å². The van der Waals surface area contributed by atoms with E-state index in [2.05, 4.69) is 255 Å². The molecule has 0 amide bonds. The molecule has 0 saturated heterocycles. The van der Waals surface area contributed by atoms with Crippen molar-refractivity contribution in [2.45, 2.75) is 32.3 Å². The van der Waals surface area contributed by atoms with Crippen LogP contribution in [0, 0.1) is 0 Å². The first kappa shape index (κ1) is 40.3. The summed E-state index contributed by atoms with van der Waals surface area (Å²) in [6.45, 7) is 5.17. The third kappa shape index (κ3) is 7.23. The number of allylic oxidation sites excluding steroid dienone is 1. The summed E-state index contributed by atoms with van der Waals surface area (Å²) in [4.78, 5) is 2.42. The maximum atomic E-state index is 7.04. The molecule has 320 valence electrons. The van der Waals surface area contributed by atoms with Crippen LogP contribution >= 0.6 is 0 Å². The molecule has 2 aliphatic rings. The Hall–Kier alpha value is -8.20. The number of hydrogen-bond acceptors (Lipinski definition) is 2. The Kier molecular flexibility index (Phi) is 10.0. The lowest BCUT2D eigenvalue weighted by molar-refractivity contribution is 0.311. The molecule has 0 bridgehead atoms. The molecule has 1 aliphatic heterocycles. The molecule has 0 unspecified atom stereocenters. The van der Waals surface area contributed by atoms with Gasteiger partial charge in [-0.15, -0.1) is 0 Å². The van der Waals surface area contributed by atoms with Crippen LogP contribution in [0.5, 0.6) is 5.75 Å². The van der Waals surface area contributed by atoms with Gasteiger partial charge in [0.1, 0.15) is 12.4 Å². The summed E-state index contributed by atoms with van der Waals surface area (Å²) in [6.07, 6.45) is 5.35. The predicted octanol–water partition coefficient (Wildman–Crippen LogP) is 17.4. The third-order valence-corrected chi connectivity index (χ3v) is 14.1. The minimum Gasteiger partial charge on any atom is -0.488 e. The fourth-order valence-corrected chi connectivity index (χ4v) is 10.6. The van der Waals surface area contributed by atoms with E-state index in [-0.39, 0.29) is 5.41 Å². The van der Waals surface area contributed by atoms with Gasteiger partial charge in [0.15, 0.2) is 0 Å². The monoisotopic (exact) mass is 859 g/mol. The first-order valence-corrected chi connectivity index (χ1v) is 23.4. The van der Waals surface area contributed by atoms with E-state index in [1.807, 2.05) is 0 Å². The second-order valence-electron chi connectivity index (χ2n) is 18.4. The molecule has 0 N–H and O–H groups in total. The highest BCUT2D eigenvalue weighted by Crippen LogP contribution is 2.51. The van der Waals surface area contributed by atoms with Crippen molar-refractivity contribution in [2.75, 3.05) is 4.90 Å². The summed E-state index contributed by atoms with van der Waals surface area (Å²) in [6, 6.07) is 82.2. The Labute approximate surface area is 393 Å². The van der Waals surface area contributed by atoms with Crippen molar-refractivity contribution in [3.63, 3.8) is 0 Å². The Bertz CT molecular complexity index is 3520. The number of fused-ring (bicyclic) bond motifs is 11. The minimum absolute atomic E-state index is 0.133. The zero-order valence-electron chi connectivity index (χ0n) is 37.8. The van der Waals surface area contributed by atoms with Crippen molar-refractivity contribution < 1.29 is 4.74 Å². The summed E-state index contributed by atoms with van der Waals surface area (Å²) in [5, 5.41) is 2.25. The topological polar surface area (TPSA) is 12.5 Å². The van der Waals surface area contributed by atoms with Crippen LogP contribution in [0.2, 0.25) is 0 Å². The van der Waals surface area contributed by atoms with Crippen molar-refractivity contribution in [3.05, 3.63) is 258 Å². The molecular formula is C65H49NO. The van der Waals surface area contributed by atoms with E-state index in [0.717, 1.165) is 67.8 Å². The van der Waals surface area contributed by atoms with Crippen LogP contribution in [-0.4, -0.2) is 0 Å². The summed E-state index contributed by atoms with van der Waals surface area (Å²) >= 11 is 0. The van der Waals surface area contributed by atoms with Gasteiger partial charge in [0.2, 0.25) is 0 Å². The molecule has 1 heterocycles. The van der Waals surface area contributed by atoms with E-state index in [1.165, 1.54) is 55.6 Å². The summed E-state index contributed by atoms with van der Waals surface area (Å²) in [5.74, 6) is 0.896. The zero-order chi connectivity index (χ0) is 44.9. The molecule has 67 heavy (non-hydrogen) atoms. The van der Waals surface area contributed by atoms with E-state index < -0.39 is 0 Å².